The van der Waals surface area contributed by atoms with Gasteiger partial charge in [-0.15, -0.1) is 0 Å². The number of aromatic amines is 1. The molecular formula is C19H19ClN2O. The fourth-order valence-corrected chi connectivity index (χ4v) is 2.94. The summed E-state index contributed by atoms with van der Waals surface area (Å²) in [6.45, 7) is 0.642. The third-order valence-corrected chi connectivity index (χ3v) is 4.34. The van der Waals surface area contributed by atoms with Gasteiger partial charge in [0.05, 0.1) is 0 Å². The highest BCUT2D eigenvalue weighted by atomic mass is 35.5. The highest BCUT2D eigenvalue weighted by Crippen LogP contribution is 2.18. The quantitative estimate of drug-likeness (QED) is 0.703. The molecular weight excluding hydrogens is 308 g/mol. The van der Waals surface area contributed by atoms with E-state index in [2.05, 4.69) is 22.4 Å². The van der Waals surface area contributed by atoms with Gasteiger partial charge in [0.15, 0.2) is 0 Å². The Morgan fingerprint density at radius 2 is 1.78 bits per heavy atom. The van der Waals surface area contributed by atoms with Gasteiger partial charge in [-0.1, -0.05) is 48.0 Å². The second-order valence-corrected chi connectivity index (χ2v) is 5.96. The first kappa shape index (κ1) is 15.6. The molecule has 0 saturated heterocycles. The van der Waals surface area contributed by atoms with Gasteiger partial charge in [-0.25, -0.2) is 0 Å². The SMILES string of the molecule is O=C(CCc1ccccc1Cl)NCCc1c[nH]c2ccccc12. The van der Waals surface area contributed by atoms with Crippen LogP contribution in [0.1, 0.15) is 17.5 Å². The van der Waals surface area contributed by atoms with Crippen LogP contribution in [0.25, 0.3) is 10.9 Å². The van der Waals surface area contributed by atoms with E-state index >= 15 is 0 Å². The molecule has 1 aromatic heterocycles. The molecule has 2 aromatic carbocycles. The molecule has 2 N–H and O–H groups in total. The maximum atomic E-state index is 12.0. The number of carbonyl (C=O) groups is 1. The zero-order valence-corrected chi connectivity index (χ0v) is 13.6. The zero-order valence-electron chi connectivity index (χ0n) is 12.8. The topological polar surface area (TPSA) is 44.9 Å². The number of aromatic nitrogens is 1. The second kappa shape index (κ2) is 7.34. The smallest absolute Gasteiger partial charge is 0.220 e. The molecule has 23 heavy (non-hydrogen) atoms. The molecule has 3 nitrogen and oxygen atoms in total. The Morgan fingerprint density at radius 3 is 2.65 bits per heavy atom. The number of amides is 1. The summed E-state index contributed by atoms with van der Waals surface area (Å²) in [6, 6.07) is 15.8. The Balaban J connectivity index is 1.47. The number of fused-ring (bicyclic) bond motifs is 1. The fourth-order valence-electron chi connectivity index (χ4n) is 2.71. The third-order valence-electron chi connectivity index (χ3n) is 3.97. The first-order valence-electron chi connectivity index (χ1n) is 7.79. The lowest BCUT2D eigenvalue weighted by molar-refractivity contribution is -0.121. The molecule has 0 unspecified atom stereocenters. The fraction of sp³-hybridized carbons (Fsp3) is 0.211. The molecule has 1 heterocycles. The third kappa shape index (κ3) is 3.93. The molecule has 0 aliphatic rings. The zero-order chi connectivity index (χ0) is 16.1. The van der Waals surface area contributed by atoms with Crippen molar-refractivity contribution in [1.82, 2.24) is 10.3 Å². The Morgan fingerprint density at radius 1 is 1.00 bits per heavy atom. The van der Waals surface area contributed by atoms with Crippen LogP contribution >= 0.6 is 11.6 Å². The lowest BCUT2D eigenvalue weighted by Crippen LogP contribution is -2.25. The molecule has 1 amide bonds. The van der Waals surface area contributed by atoms with E-state index in [1.54, 1.807) is 0 Å². The van der Waals surface area contributed by atoms with Crippen molar-refractivity contribution < 1.29 is 4.79 Å². The summed E-state index contributed by atoms with van der Waals surface area (Å²) < 4.78 is 0. The lowest BCUT2D eigenvalue weighted by Gasteiger charge is -2.06. The largest absolute Gasteiger partial charge is 0.361 e. The number of hydrogen-bond donors (Lipinski definition) is 2. The summed E-state index contributed by atoms with van der Waals surface area (Å²) in [5.74, 6) is 0.0600. The molecule has 118 valence electrons. The van der Waals surface area contributed by atoms with Crippen molar-refractivity contribution in [3.05, 3.63) is 70.9 Å². The first-order valence-corrected chi connectivity index (χ1v) is 8.17. The van der Waals surface area contributed by atoms with E-state index in [9.17, 15) is 4.79 Å². The van der Waals surface area contributed by atoms with E-state index < -0.39 is 0 Å². The molecule has 0 spiro atoms. The van der Waals surface area contributed by atoms with Gasteiger partial charge < -0.3 is 10.3 Å². The summed E-state index contributed by atoms with van der Waals surface area (Å²) in [7, 11) is 0. The maximum Gasteiger partial charge on any atom is 0.220 e. The number of rotatable bonds is 6. The molecule has 0 radical (unpaired) electrons. The van der Waals surface area contributed by atoms with Crippen LogP contribution in [0, 0.1) is 0 Å². The summed E-state index contributed by atoms with van der Waals surface area (Å²) in [4.78, 5) is 15.2. The van der Waals surface area contributed by atoms with E-state index in [0.717, 1.165) is 22.5 Å². The summed E-state index contributed by atoms with van der Waals surface area (Å²) in [6.07, 6.45) is 3.96. The summed E-state index contributed by atoms with van der Waals surface area (Å²) in [5, 5.41) is 4.92. The van der Waals surface area contributed by atoms with Crippen LogP contribution in [0.2, 0.25) is 5.02 Å². The van der Waals surface area contributed by atoms with Crippen LogP contribution in [0.3, 0.4) is 0 Å². The van der Waals surface area contributed by atoms with Crippen LogP contribution < -0.4 is 5.32 Å². The van der Waals surface area contributed by atoms with Gasteiger partial charge in [-0.3, -0.25) is 4.79 Å². The van der Waals surface area contributed by atoms with E-state index in [-0.39, 0.29) is 5.91 Å². The maximum absolute atomic E-state index is 12.0. The summed E-state index contributed by atoms with van der Waals surface area (Å²) in [5.41, 5.74) is 3.38. The van der Waals surface area contributed by atoms with E-state index in [1.807, 2.05) is 42.6 Å². The van der Waals surface area contributed by atoms with Crippen molar-refractivity contribution in [2.75, 3.05) is 6.54 Å². The van der Waals surface area contributed by atoms with Gasteiger partial charge in [0.1, 0.15) is 0 Å². The van der Waals surface area contributed by atoms with Gasteiger partial charge in [0.2, 0.25) is 5.91 Å². The molecule has 0 aliphatic carbocycles. The van der Waals surface area contributed by atoms with Crippen molar-refractivity contribution in [2.24, 2.45) is 0 Å². The molecule has 4 heteroatoms. The average molecular weight is 327 g/mol. The number of aryl methyl sites for hydroxylation is 1. The minimum atomic E-state index is 0.0600. The first-order chi connectivity index (χ1) is 11.2. The molecule has 0 saturated carbocycles. The Labute approximate surface area is 140 Å². The molecule has 0 atom stereocenters. The van der Waals surface area contributed by atoms with Crippen molar-refractivity contribution in [2.45, 2.75) is 19.3 Å². The monoisotopic (exact) mass is 326 g/mol. The predicted octanol–water partition coefficient (Wildman–Crippen LogP) is 4.11. The van der Waals surface area contributed by atoms with Crippen LogP contribution in [0.15, 0.2) is 54.7 Å². The number of para-hydroxylation sites is 1. The van der Waals surface area contributed by atoms with Crippen LogP contribution in [-0.2, 0) is 17.6 Å². The number of halogens is 1. The van der Waals surface area contributed by atoms with Crippen LogP contribution in [-0.4, -0.2) is 17.4 Å². The normalized spacial score (nSPS) is 10.8. The molecule has 0 fully saturated rings. The minimum absolute atomic E-state index is 0.0600. The highest BCUT2D eigenvalue weighted by molar-refractivity contribution is 6.31. The average Bonchev–Trinajstić information content (AvgIpc) is 2.98. The van der Waals surface area contributed by atoms with Crippen molar-refractivity contribution in [3.63, 3.8) is 0 Å². The summed E-state index contributed by atoms with van der Waals surface area (Å²) >= 11 is 6.10. The Hall–Kier alpha value is -2.26. The molecule has 0 aliphatic heterocycles. The predicted molar refractivity (Wildman–Crippen MR) is 94.8 cm³/mol. The number of H-pyrrole nitrogens is 1. The highest BCUT2D eigenvalue weighted by Gasteiger charge is 2.06. The Bertz CT molecular complexity index is 810. The Kier molecular flexibility index (Phi) is 4.99. The number of carbonyl (C=O) groups excluding carboxylic acids is 1. The van der Waals surface area contributed by atoms with E-state index in [0.29, 0.717) is 19.4 Å². The number of benzene rings is 2. The number of nitrogens with one attached hydrogen (secondary N) is 2. The standard InChI is InChI=1S/C19H19ClN2O/c20-17-7-3-1-5-14(17)9-10-19(23)21-12-11-15-13-22-18-8-4-2-6-16(15)18/h1-8,13,22H,9-12H2,(H,21,23). The molecule has 3 aromatic rings. The molecule has 3 rings (SSSR count). The van der Waals surface area contributed by atoms with Gasteiger partial charge in [0, 0.05) is 35.1 Å². The van der Waals surface area contributed by atoms with Gasteiger partial charge >= 0.3 is 0 Å². The van der Waals surface area contributed by atoms with Gasteiger partial charge in [-0.05, 0) is 36.1 Å². The minimum Gasteiger partial charge on any atom is -0.361 e. The van der Waals surface area contributed by atoms with E-state index in [1.165, 1.54) is 10.9 Å². The molecule has 0 bridgehead atoms. The second-order valence-electron chi connectivity index (χ2n) is 5.55. The van der Waals surface area contributed by atoms with Gasteiger partial charge in [-0.2, -0.15) is 0 Å². The van der Waals surface area contributed by atoms with Crippen LogP contribution in [0.4, 0.5) is 0 Å². The lowest BCUT2D eigenvalue weighted by atomic mass is 10.1. The van der Waals surface area contributed by atoms with E-state index in [4.69, 9.17) is 11.6 Å². The van der Waals surface area contributed by atoms with Gasteiger partial charge in [0.25, 0.3) is 0 Å². The van der Waals surface area contributed by atoms with Crippen molar-refractivity contribution in [1.29, 1.82) is 0 Å². The number of hydrogen-bond acceptors (Lipinski definition) is 1. The van der Waals surface area contributed by atoms with Crippen molar-refractivity contribution >= 4 is 28.4 Å². The van der Waals surface area contributed by atoms with Crippen LogP contribution in [0.5, 0.6) is 0 Å². The van der Waals surface area contributed by atoms with Crippen molar-refractivity contribution in [3.8, 4) is 0 Å².